The third-order valence-electron chi connectivity index (χ3n) is 4.86. The van der Waals surface area contributed by atoms with Crippen molar-refractivity contribution in [1.29, 1.82) is 0 Å². The summed E-state index contributed by atoms with van der Waals surface area (Å²) >= 11 is 1.41. The smallest absolute Gasteiger partial charge is 0.233 e. The van der Waals surface area contributed by atoms with Crippen LogP contribution in [0.25, 0.3) is 17.1 Å². The number of thioether (sulfide) groups is 1. The van der Waals surface area contributed by atoms with Gasteiger partial charge >= 0.3 is 0 Å². The summed E-state index contributed by atoms with van der Waals surface area (Å²) < 4.78 is 1.99. The summed E-state index contributed by atoms with van der Waals surface area (Å²) in [6.45, 7) is 10.1. The monoisotopic (exact) mass is 409 g/mol. The third kappa shape index (κ3) is 5.03. The summed E-state index contributed by atoms with van der Waals surface area (Å²) in [7, 11) is 0. The SMILES string of the molecule is CCC(C)(C)NC(=O)C(C)Sc1nnc(-c2ccncc2)n1-c1ccc(C)cc1. The van der Waals surface area contributed by atoms with Crippen LogP contribution >= 0.6 is 11.8 Å². The number of rotatable bonds is 7. The van der Waals surface area contributed by atoms with Gasteiger partial charge in [0.25, 0.3) is 0 Å². The van der Waals surface area contributed by atoms with Crippen molar-refractivity contribution < 1.29 is 4.79 Å². The highest BCUT2D eigenvalue weighted by Crippen LogP contribution is 2.30. The number of aryl methyl sites for hydroxylation is 1. The van der Waals surface area contributed by atoms with Crippen LogP contribution in [0.2, 0.25) is 0 Å². The van der Waals surface area contributed by atoms with E-state index in [0.717, 1.165) is 23.5 Å². The highest BCUT2D eigenvalue weighted by Gasteiger charge is 2.25. The number of carbonyl (C=O) groups excluding carboxylic acids is 1. The number of nitrogens with one attached hydrogen (secondary N) is 1. The molecule has 2 aromatic heterocycles. The molecular weight excluding hydrogens is 382 g/mol. The van der Waals surface area contributed by atoms with Crippen LogP contribution in [-0.4, -0.2) is 36.4 Å². The van der Waals surface area contributed by atoms with Gasteiger partial charge in [-0.3, -0.25) is 14.3 Å². The summed E-state index contributed by atoms with van der Waals surface area (Å²) in [5.74, 6) is 0.714. The van der Waals surface area contributed by atoms with Crippen LogP contribution in [-0.2, 0) is 4.79 Å². The number of pyridine rings is 1. The van der Waals surface area contributed by atoms with E-state index < -0.39 is 0 Å². The number of amides is 1. The van der Waals surface area contributed by atoms with Crippen molar-refractivity contribution in [1.82, 2.24) is 25.1 Å². The lowest BCUT2D eigenvalue weighted by molar-refractivity contribution is -0.121. The molecule has 3 rings (SSSR count). The number of benzene rings is 1. The molecule has 1 N–H and O–H groups in total. The first-order valence-electron chi connectivity index (χ1n) is 9.72. The van der Waals surface area contributed by atoms with Crippen LogP contribution in [0.4, 0.5) is 0 Å². The van der Waals surface area contributed by atoms with Gasteiger partial charge in [-0.15, -0.1) is 10.2 Å². The Bertz CT molecular complexity index is 967. The molecule has 0 saturated carbocycles. The van der Waals surface area contributed by atoms with Gasteiger partial charge in [0.05, 0.1) is 5.25 Å². The zero-order chi connectivity index (χ0) is 21.0. The molecule has 0 aliphatic carbocycles. The molecule has 0 radical (unpaired) electrons. The number of carbonyl (C=O) groups is 1. The Balaban J connectivity index is 1.96. The summed E-state index contributed by atoms with van der Waals surface area (Å²) in [4.78, 5) is 16.8. The van der Waals surface area contributed by atoms with Gasteiger partial charge in [-0.1, -0.05) is 36.4 Å². The molecule has 0 aliphatic heterocycles. The molecular formula is C22H27N5OS. The van der Waals surface area contributed by atoms with E-state index >= 15 is 0 Å². The molecule has 152 valence electrons. The first kappa shape index (κ1) is 21.0. The predicted molar refractivity (Wildman–Crippen MR) is 117 cm³/mol. The maximum Gasteiger partial charge on any atom is 0.233 e. The molecule has 1 unspecified atom stereocenters. The van der Waals surface area contributed by atoms with Gasteiger partial charge < -0.3 is 5.32 Å². The Morgan fingerprint density at radius 3 is 2.41 bits per heavy atom. The van der Waals surface area contributed by atoms with Gasteiger partial charge in [-0.2, -0.15) is 0 Å². The lowest BCUT2D eigenvalue weighted by atomic mass is 10.0. The van der Waals surface area contributed by atoms with E-state index in [9.17, 15) is 4.79 Å². The van der Waals surface area contributed by atoms with Gasteiger partial charge in [0.15, 0.2) is 11.0 Å². The average Bonchev–Trinajstić information content (AvgIpc) is 3.12. The van der Waals surface area contributed by atoms with Crippen molar-refractivity contribution in [3.05, 3.63) is 54.4 Å². The normalized spacial score (nSPS) is 12.6. The van der Waals surface area contributed by atoms with Crippen molar-refractivity contribution in [2.24, 2.45) is 0 Å². The second-order valence-electron chi connectivity index (χ2n) is 7.70. The van der Waals surface area contributed by atoms with Crippen molar-refractivity contribution in [3.63, 3.8) is 0 Å². The summed E-state index contributed by atoms with van der Waals surface area (Å²) in [6, 6.07) is 12.0. The minimum Gasteiger partial charge on any atom is -0.350 e. The molecule has 0 aliphatic rings. The molecule has 2 heterocycles. The van der Waals surface area contributed by atoms with Crippen LogP contribution in [0.15, 0.2) is 53.9 Å². The van der Waals surface area contributed by atoms with Crippen molar-refractivity contribution in [3.8, 4) is 17.1 Å². The van der Waals surface area contributed by atoms with E-state index in [1.807, 2.05) is 49.6 Å². The van der Waals surface area contributed by atoms with E-state index in [4.69, 9.17) is 0 Å². The van der Waals surface area contributed by atoms with Crippen molar-refractivity contribution in [2.45, 2.75) is 57.0 Å². The second-order valence-corrected chi connectivity index (χ2v) is 9.01. The van der Waals surface area contributed by atoms with Gasteiger partial charge in [-0.25, -0.2) is 0 Å². The fourth-order valence-electron chi connectivity index (χ4n) is 2.70. The highest BCUT2D eigenvalue weighted by molar-refractivity contribution is 8.00. The second kappa shape index (κ2) is 8.78. The first-order valence-corrected chi connectivity index (χ1v) is 10.6. The fraction of sp³-hybridized carbons (Fsp3) is 0.364. The molecule has 1 aromatic carbocycles. The fourth-order valence-corrected chi connectivity index (χ4v) is 3.56. The Kier molecular flexibility index (Phi) is 6.37. The average molecular weight is 410 g/mol. The number of nitrogens with zero attached hydrogens (tertiary/aromatic N) is 4. The Labute approximate surface area is 176 Å². The Morgan fingerprint density at radius 1 is 1.14 bits per heavy atom. The van der Waals surface area contributed by atoms with Crippen LogP contribution in [0.3, 0.4) is 0 Å². The summed E-state index contributed by atoms with van der Waals surface area (Å²) in [6.07, 6.45) is 4.33. The maximum absolute atomic E-state index is 12.7. The predicted octanol–water partition coefficient (Wildman–Crippen LogP) is 4.42. The van der Waals surface area contributed by atoms with Crippen LogP contribution in [0.5, 0.6) is 0 Å². The third-order valence-corrected chi connectivity index (χ3v) is 5.90. The zero-order valence-corrected chi connectivity index (χ0v) is 18.3. The van der Waals surface area contributed by atoms with E-state index in [1.54, 1.807) is 12.4 Å². The summed E-state index contributed by atoms with van der Waals surface area (Å²) in [5, 5.41) is 12.3. The van der Waals surface area contributed by atoms with E-state index in [0.29, 0.717) is 5.16 Å². The van der Waals surface area contributed by atoms with Crippen molar-refractivity contribution in [2.75, 3.05) is 0 Å². The number of hydrogen-bond acceptors (Lipinski definition) is 5. The standard InChI is InChI=1S/C22H27N5OS/c1-6-22(4,5)24-20(28)16(3)29-21-26-25-19(17-11-13-23-14-12-17)27(21)18-9-7-15(2)8-10-18/h7-14,16H,6H2,1-5H3,(H,24,28). The van der Waals surface area contributed by atoms with Gasteiger partial charge in [0, 0.05) is 29.2 Å². The molecule has 0 bridgehead atoms. The molecule has 29 heavy (non-hydrogen) atoms. The van der Waals surface area contributed by atoms with E-state index in [-0.39, 0.29) is 16.7 Å². The minimum atomic E-state index is -0.306. The van der Waals surface area contributed by atoms with E-state index in [1.165, 1.54) is 17.3 Å². The zero-order valence-electron chi connectivity index (χ0n) is 17.5. The van der Waals surface area contributed by atoms with Crippen LogP contribution in [0, 0.1) is 6.92 Å². The lowest BCUT2D eigenvalue weighted by Gasteiger charge is -2.26. The minimum absolute atomic E-state index is 0.00855. The van der Waals surface area contributed by atoms with Crippen molar-refractivity contribution >= 4 is 17.7 Å². The highest BCUT2D eigenvalue weighted by atomic mass is 32.2. The number of hydrogen-bond donors (Lipinski definition) is 1. The number of aromatic nitrogens is 4. The largest absolute Gasteiger partial charge is 0.350 e. The lowest BCUT2D eigenvalue weighted by Crippen LogP contribution is -2.46. The Hall–Kier alpha value is -2.67. The summed E-state index contributed by atoms with van der Waals surface area (Å²) in [5.41, 5.74) is 2.82. The molecule has 3 aromatic rings. The quantitative estimate of drug-likeness (QED) is 0.585. The van der Waals surface area contributed by atoms with Crippen LogP contribution < -0.4 is 5.32 Å². The molecule has 1 atom stereocenters. The first-order chi connectivity index (χ1) is 13.8. The topological polar surface area (TPSA) is 72.7 Å². The van der Waals surface area contributed by atoms with Gasteiger partial charge in [-0.05, 0) is 58.4 Å². The van der Waals surface area contributed by atoms with Gasteiger partial charge in [0.1, 0.15) is 0 Å². The molecule has 0 fully saturated rings. The molecule has 7 heteroatoms. The Morgan fingerprint density at radius 2 is 1.79 bits per heavy atom. The molecule has 1 amide bonds. The molecule has 6 nitrogen and oxygen atoms in total. The maximum atomic E-state index is 12.7. The van der Waals surface area contributed by atoms with E-state index in [2.05, 4.69) is 46.5 Å². The molecule has 0 spiro atoms. The van der Waals surface area contributed by atoms with Crippen LogP contribution in [0.1, 0.15) is 39.7 Å². The molecule has 0 saturated heterocycles. The van der Waals surface area contributed by atoms with Gasteiger partial charge in [0.2, 0.25) is 5.91 Å².